The van der Waals surface area contributed by atoms with Gasteiger partial charge in [-0.15, -0.1) is 0 Å². The van der Waals surface area contributed by atoms with Crippen molar-refractivity contribution in [2.45, 2.75) is 50.5 Å². The molecule has 2 rings (SSSR count). The van der Waals surface area contributed by atoms with E-state index in [0.717, 1.165) is 12.0 Å². The number of nitriles is 1. The maximum absolute atomic E-state index is 12.8. The molecule has 0 amide bonds. The Labute approximate surface area is 145 Å². The number of benzene rings is 1. The van der Waals surface area contributed by atoms with Crippen LogP contribution >= 0.6 is 0 Å². The average molecular weight is 350 g/mol. The van der Waals surface area contributed by atoms with E-state index in [1.807, 2.05) is 30.9 Å². The topological polar surface area (TPSA) is 64.4 Å². The summed E-state index contributed by atoms with van der Waals surface area (Å²) in [7, 11) is -3.46. The molecule has 0 aromatic heterocycles. The molecule has 0 unspecified atom stereocenters. The highest BCUT2D eigenvalue weighted by molar-refractivity contribution is 7.89. The lowest BCUT2D eigenvalue weighted by molar-refractivity contribution is 0.115. The van der Waals surface area contributed by atoms with Crippen LogP contribution in [0.15, 0.2) is 29.2 Å². The molecule has 1 aliphatic rings. The van der Waals surface area contributed by atoms with Gasteiger partial charge in [-0.1, -0.05) is 26.0 Å². The third-order valence-corrected chi connectivity index (χ3v) is 6.91. The zero-order valence-electron chi connectivity index (χ0n) is 15.0. The number of hydrogen-bond donors (Lipinski definition) is 0. The second-order valence-electron chi connectivity index (χ2n) is 6.94. The molecule has 0 radical (unpaired) electrons. The van der Waals surface area contributed by atoms with Crippen molar-refractivity contribution in [3.63, 3.8) is 0 Å². The average Bonchev–Trinajstić information content (AvgIpc) is 2.61. The fraction of sp³-hybridized carbons (Fsp3) is 0.611. The van der Waals surface area contributed by atoms with Crippen LogP contribution in [0.3, 0.4) is 0 Å². The normalized spacial score (nSPS) is 19.0. The Morgan fingerprint density at radius 2 is 1.71 bits per heavy atom. The van der Waals surface area contributed by atoms with E-state index in [4.69, 9.17) is 0 Å². The number of piperazine rings is 1. The first-order chi connectivity index (χ1) is 11.2. The van der Waals surface area contributed by atoms with Crippen LogP contribution in [0.1, 0.15) is 45.6 Å². The van der Waals surface area contributed by atoms with Gasteiger partial charge in [-0.05, 0) is 43.9 Å². The zero-order valence-corrected chi connectivity index (χ0v) is 15.8. The van der Waals surface area contributed by atoms with Gasteiger partial charge < -0.3 is 0 Å². The van der Waals surface area contributed by atoms with Crippen molar-refractivity contribution in [2.24, 2.45) is 0 Å². The van der Waals surface area contributed by atoms with Crippen LogP contribution < -0.4 is 0 Å². The summed E-state index contributed by atoms with van der Waals surface area (Å²) in [4.78, 5) is 2.38. The summed E-state index contributed by atoms with van der Waals surface area (Å²) in [5, 5.41) is 9.22. The molecule has 1 aliphatic heterocycles. The molecule has 0 spiro atoms. The van der Waals surface area contributed by atoms with Gasteiger partial charge in [-0.25, -0.2) is 8.42 Å². The van der Waals surface area contributed by atoms with E-state index in [2.05, 4.69) is 19.9 Å². The molecule has 1 aromatic carbocycles. The van der Waals surface area contributed by atoms with Gasteiger partial charge in [0.25, 0.3) is 0 Å². The molecule has 1 fully saturated rings. The van der Waals surface area contributed by atoms with Crippen molar-refractivity contribution >= 4 is 10.0 Å². The van der Waals surface area contributed by atoms with Gasteiger partial charge in [-0.2, -0.15) is 9.57 Å². The predicted molar refractivity (Wildman–Crippen MR) is 95.2 cm³/mol. The molecule has 0 N–H and O–H groups in total. The summed E-state index contributed by atoms with van der Waals surface area (Å²) < 4.78 is 27.1. The molecule has 24 heavy (non-hydrogen) atoms. The van der Waals surface area contributed by atoms with E-state index in [-0.39, 0.29) is 0 Å². The van der Waals surface area contributed by atoms with Crippen LogP contribution in [0.5, 0.6) is 0 Å². The van der Waals surface area contributed by atoms with E-state index in [0.29, 0.717) is 37.0 Å². The Balaban J connectivity index is 2.11. The SMILES string of the molecule is CC[C@H](C)c1ccc(S(=O)(=O)N2CCN(C(C)(C)C#N)CC2)cc1. The Bertz CT molecular complexity index is 697. The predicted octanol–water partition coefficient (Wildman–Crippen LogP) is 2.81. The van der Waals surface area contributed by atoms with Crippen LogP contribution in [0, 0.1) is 11.3 Å². The lowest BCUT2D eigenvalue weighted by Gasteiger charge is -2.39. The second kappa shape index (κ2) is 7.22. The van der Waals surface area contributed by atoms with Crippen molar-refractivity contribution in [3.05, 3.63) is 29.8 Å². The summed E-state index contributed by atoms with van der Waals surface area (Å²) >= 11 is 0. The fourth-order valence-electron chi connectivity index (χ4n) is 2.91. The lowest BCUT2D eigenvalue weighted by Crippen LogP contribution is -2.55. The minimum atomic E-state index is -3.46. The van der Waals surface area contributed by atoms with Crippen molar-refractivity contribution < 1.29 is 8.42 Å². The van der Waals surface area contributed by atoms with Crippen LogP contribution in [0.4, 0.5) is 0 Å². The quantitative estimate of drug-likeness (QED) is 0.820. The van der Waals surface area contributed by atoms with Crippen LogP contribution in [0.2, 0.25) is 0 Å². The van der Waals surface area contributed by atoms with E-state index < -0.39 is 15.6 Å². The molecule has 1 atom stereocenters. The second-order valence-corrected chi connectivity index (χ2v) is 8.88. The molecule has 0 saturated carbocycles. The molecule has 132 valence electrons. The zero-order chi connectivity index (χ0) is 18.0. The molecule has 0 aliphatic carbocycles. The number of hydrogen-bond acceptors (Lipinski definition) is 4. The molecule has 5 nitrogen and oxygen atoms in total. The van der Waals surface area contributed by atoms with E-state index in [1.165, 1.54) is 4.31 Å². The Morgan fingerprint density at radius 1 is 1.17 bits per heavy atom. The van der Waals surface area contributed by atoms with E-state index in [1.54, 1.807) is 12.1 Å². The molecule has 0 bridgehead atoms. The minimum absolute atomic E-state index is 0.350. The Hall–Kier alpha value is -1.42. The number of nitrogens with zero attached hydrogens (tertiary/aromatic N) is 3. The molecule has 6 heteroatoms. The first kappa shape index (κ1) is 18.9. The van der Waals surface area contributed by atoms with Crippen LogP contribution in [-0.4, -0.2) is 49.3 Å². The standard InChI is InChI=1S/C18H27N3O2S/c1-5-15(2)16-6-8-17(9-7-16)24(22,23)21-12-10-20(11-13-21)18(3,4)14-19/h6-9,15H,5,10-13H2,1-4H3/t15-/m0/s1. The summed E-state index contributed by atoms with van der Waals surface area (Å²) in [6.07, 6.45) is 1.03. The fourth-order valence-corrected chi connectivity index (χ4v) is 4.33. The molecule has 1 aromatic rings. The number of rotatable bonds is 5. The Kier molecular flexibility index (Phi) is 5.69. The third kappa shape index (κ3) is 3.80. The van der Waals surface area contributed by atoms with Crippen molar-refractivity contribution in [1.82, 2.24) is 9.21 Å². The van der Waals surface area contributed by atoms with E-state index in [9.17, 15) is 13.7 Å². The summed E-state index contributed by atoms with van der Waals surface area (Å²) in [6.45, 7) is 9.98. The smallest absolute Gasteiger partial charge is 0.243 e. The van der Waals surface area contributed by atoms with Gasteiger partial charge in [0.05, 0.1) is 11.0 Å². The van der Waals surface area contributed by atoms with Crippen molar-refractivity contribution in [2.75, 3.05) is 26.2 Å². The molecular formula is C18H27N3O2S. The van der Waals surface area contributed by atoms with Gasteiger partial charge in [0, 0.05) is 26.2 Å². The first-order valence-corrected chi connectivity index (χ1v) is 9.92. The van der Waals surface area contributed by atoms with Crippen LogP contribution in [0.25, 0.3) is 0 Å². The first-order valence-electron chi connectivity index (χ1n) is 8.48. The molecule has 1 heterocycles. The lowest BCUT2D eigenvalue weighted by atomic mass is 9.99. The van der Waals surface area contributed by atoms with Crippen LogP contribution in [-0.2, 0) is 10.0 Å². The minimum Gasteiger partial charge on any atom is -0.283 e. The molecule has 1 saturated heterocycles. The van der Waals surface area contributed by atoms with Gasteiger partial charge >= 0.3 is 0 Å². The summed E-state index contributed by atoms with van der Waals surface area (Å²) in [6, 6.07) is 9.52. The van der Waals surface area contributed by atoms with Gasteiger partial charge in [0.15, 0.2) is 0 Å². The summed E-state index contributed by atoms with van der Waals surface area (Å²) in [5.74, 6) is 0.429. The van der Waals surface area contributed by atoms with Crippen molar-refractivity contribution in [3.8, 4) is 6.07 Å². The monoisotopic (exact) mass is 349 g/mol. The van der Waals surface area contributed by atoms with Gasteiger partial charge in [0.1, 0.15) is 5.54 Å². The maximum atomic E-state index is 12.8. The molecular weight excluding hydrogens is 322 g/mol. The van der Waals surface area contributed by atoms with E-state index >= 15 is 0 Å². The van der Waals surface area contributed by atoms with Gasteiger partial charge in [0.2, 0.25) is 10.0 Å². The summed E-state index contributed by atoms with van der Waals surface area (Å²) in [5.41, 5.74) is 0.602. The Morgan fingerprint density at radius 3 is 2.17 bits per heavy atom. The third-order valence-electron chi connectivity index (χ3n) is 5.00. The maximum Gasteiger partial charge on any atom is 0.243 e. The van der Waals surface area contributed by atoms with Gasteiger partial charge in [-0.3, -0.25) is 4.90 Å². The largest absolute Gasteiger partial charge is 0.283 e. The highest BCUT2D eigenvalue weighted by Crippen LogP contribution is 2.24. The highest BCUT2D eigenvalue weighted by atomic mass is 32.2. The number of sulfonamides is 1. The van der Waals surface area contributed by atoms with Crippen molar-refractivity contribution in [1.29, 1.82) is 5.26 Å². The highest BCUT2D eigenvalue weighted by Gasteiger charge is 2.34.